The number of aromatic nitrogens is 4. The van der Waals surface area contributed by atoms with E-state index in [2.05, 4.69) is 85.8 Å². The maximum atomic E-state index is 12.7. The van der Waals surface area contributed by atoms with Crippen LogP contribution in [0, 0.1) is 0 Å². The molecule has 0 fully saturated rings. The zero-order valence-electron chi connectivity index (χ0n) is 23.0. The number of benzene rings is 2. The van der Waals surface area contributed by atoms with Crippen LogP contribution in [0.25, 0.3) is 11.0 Å². The van der Waals surface area contributed by atoms with E-state index in [1.54, 1.807) is 30.4 Å². The van der Waals surface area contributed by atoms with Crippen molar-refractivity contribution >= 4 is 67.6 Å². The largest absolute Gasteiger partial charge is 0.383 e. The average molecular weight is 629 g/mol. The first-order valence-electron chi connectivity index (χ1n) is 13.4. The van der Waals surface area contributed by atoms with Gasteiger partial charge < -0.3 is 16.0 Å². The van der Waals surface area contributed by atoms with E-state index in [1.165, 1.54) is 0 Å². The molecule has 5 rings (SSSR count). The van der Waals surface area contributed by atoms with Gasteiger partial charge in [-0.15, -0.1) is 0 Å². The van der Waals surface area contributed by atoms with Crippen molar-refractivity contribution in [1.29, 1.82) is 0 Å². The summed E-state index contributed by atoms with van der Waals surface area (Å²) in [6.45, 7) is 7.23. The molecule has 41 heavy (non-hydrogen) atoms. The van der Waals surface area contributed by atoms with Crippen molar-refractivity contribution in [1.82, 2.24) is 19.9 Å². The van der Waals surface area contributed by atoms with Gasteiger partial charge in [0.25, 0.3) is 5.91 Å². The number of amides is 1. The summed E-state index contributed by atoms with van der Waals surface area (Å²) in [4.78, 5) is 32.6. The van der Waals surface area contributed by atoms with Gasteiger partial charge in [-0.05, 0) is 95.0 Å². The normalized spacial score (nSPS) is 11.0. The Hall–Kier alpha value is -4.02. The highest BCUT2D eigenvalue weighted by Crippen LogP contribution is 2.35. The van der Waals surface area contributed by atoms with Gasteiger partial charge in [0.1, 0.15) is 18.0 Å². The molecule has 0 saturated carbocycles. The summed E-state index contributed by atoms with van der Waals surface area (Å²) in [6, 6.07) is 21.4. The molecule has 0 unspecified atom stereocenters. The Balaban J connectivity index is 1.35. The number of nitrogens with zero attached hydrogens (tertiary/aromatic N) is 4. The van der Waals surface area contributed by atoms with Crippen LogP contribution in [-0.4, -0.2) is 32.4 Å². The molecular formula is C31H30BrN7OS. The van der Waals surface area contributed by atoms with E-state index in [0.717, 1.165) is 49.7 Å². The van der Waals surface area contributed by atoms with Crippen LogP contribution in [0.4, 0.5) is 23.0 Å². The Morgan fingerprint density at radius 2 is 1.73 bits per heavy atom. The predicted molar refractivity (Wildman–Crippen MR) is 170 cm³/mol. The minimum absolute atomic E-state index is 0.207. The quantitative estimate of drug-likeness (QED) is 0.142. The molecule has 0 aliphatic rings. The number of carbonyl (C=O) groups is 1. The molecule has 3 aromatic heterocycles. The van der Waals surface area contributed by atoms with Crippen LogP contribution >= 0.6 is 27.7 Å². The fourth-order valence-corrected chi connectivity index (χ4v) is 5.15. The van der Waals surface area contributed by atoms with Crippen LogP contribution in [-0.2, 0) is 0 Å². The fraction of sp³-hybridized carbons (Fsp3) is 0.194. The van der Waals surface area contributed by atoms with Gasteiger partial charge in [0.2, 0.25) is 0 Å². The van der Waals surface area contributed by atoms with Crippen molar-refractivity contribution in [3.05, 3.63) is 95.0 Å². The van der Waals surface area contributed by atoms with Crippen LogP contribution in [0.2, 0.25) is 0 Å². The minimum atomic E-state index is -0.207. The van der Waals surface area contributed by atoms with Gasteiger partial charge in [-0.25, -0.2) is 19.9 Å². The van der Waals surface area contributed by atoms with E-state index in [9.17, 15) is 4.79 Å². The van der Waals surface area contributed by atoms with Crippen LogP contribution in [0.15, 0.2) is 93.5 Å². The van der Waals surface area contributed by atoms with Gasteiger partial charge in [0.05, 0.1) is 16.8 Å². The number of pyridine rings is 2. The number of fused-ring (bicyclic) bond motifs is 1. The van der Waals surface area contributed by atoms with Crippen molar-refractivity contribution < 1.29 is 4.79 Å². The Morgan fingerprint density at radius 3 is 2.46 bits per heavy atom. The highest BCUT2D eigenvalue weighted by atomic mass is 79.9. The Kier molecular flexibility index (Phi) is 9.11. The summed E-state index contributed by atoms with van der Waals surface area (Å²) in [5.74, 6) is 1.31. The Labute approximate surface area is 252 Å². The van der Waals surface area contributed by atoms with E-state index in [0.29, 0.717) is 28.8 Å². The molecule has 1 amide bonds. The van der Waals surface area contributed by atoms with Gasteiger partial charge >= 0.3 is 0 Å². The molecule has 0 radical (unpaired) electrons. The van der Waals surface area contributed by atoms with Crippen LogP contribution in [0.3, 0.4) is 0 Å². The first-order valence-corrected chi connectivity index (χ1v) is 15.0. The third-order valence-electron chi connectivity index (χ3n) is 6.24. The molecule has 10 heteroatoms. The van der Waals surface area contributed by atoms with Crippen LogP contribution in [0.5, 0.6) is 0 Å². The van der Waals surface area contributed by atoms with E-state index in [-0.39, 0.29) is 5.91 Å². The van der Waals surface area contributed by atoms with Crippen molar-refractivity contribution in [2.45, 2.75) is 42.9 Å². The average Bonchev–Trinajstić information content (AvgIpc) is 2.98. The summed E-state index contributed by atoms with van der Waals surface area (Å²) in [7, 11) is 0. The van der Waals surface area contributed by atoms with Gasteiger partial charge in [0.15, 0.2) is 5.65 Å². The first kappa shape index (κ1) is 28.5. The SMILES string of the molecule is CCCNc1ccc(Sc2ccc(C(=O)Nc3ccc(Br)cn3)cc2)cc1Nc1ncnc2nc(C(C)C)ccc12. The molecule has 0 atom stereocenters. The number of anilines is 4. The summed E-state index contributed by atoms with van der Waals surface area (Å²) in [5.41, 5.74) is 4.13. The second-order valence-electron chi connectivity index (χ2n) is 9.69. The maximum Gasteiger partial charge on any atom is 0.256 e. The zero-order chi connectivity index (χ0) is 28.8. The molecule has 2 aromatic carbocycles. The van der Waals surface area contributed by atoms with Gasteiger partial charge in [-0.2, -0.15) is 0 Å². The summed E-state index contributed by atoms with van der Waals surface area (Å²) in [6.07, 6.45) is 4.20. The lowest BCUT2D eigenvalue weighted by atomic mass is 10.1. The summed E-state index contributed by atoms with van der Waals surface area (Å²) >= 11 is 4.97. The molecular weight excluding hydrogens is 598 g/mol. The van der Waals surface area contributed by atoms with E-state index in [1.807, 2.05) is 42.5 Å². The lowest BCUT2D eigenvalue weighted by molar-refractivity contribution is 0.102. The Morgan fingerprint density at radius 1 is 0.927 bits per heavy atom. The van der Waals surface area contributed by atoms with E-state index < -0.39 is 0 Å². The van der Waals surface area contributed by atoms with Crippen LogP contribution in [0.1, 0.15) is 49.2 Å². The molecule has 3 heterocycles. The molecule has 0 aliphatic heterocycles. The standard InChI is InChI=1S/C31H30BrN7OS/c1-4-15-33-26-12-10-23(16-27(26)38-30-24-11-13-25(19(2)3)37-29(24)35-18-36-30)41-22-8-5-20(6-9-22)31(40)39-28-14-7-21(32)17-34-28/h5-14,16-19,33H,4,15H2,1-3H3,(H,34,39,40)(H,35,36,37,38). The Bertz CT molecular complexity index is 1660. The van der Waals surface area contributed by atoms with Crippen molar-refractivity contribution in [3.63, 3.8) is 0 Å². The third kappa shape index (κ3) is 7.20. The van der Waals surface area contributed by atoms with Gasteiger partial charge in [0, 0.05) is 38.3 Å². The number of hydrogen-bond donors (Lipinski definition) is 3. The zero-order valence-corrected chi connectivity index (χ0v) is 25.4. The predicted octanol–water partition coefficient (Wildman–Crippen LogP) is 8.27. The van der Waals surface area contributed by atoms with Crippen molar-refractivity contribution in [2.24, 2.45) is 0 Å². The van der Waals surface area contributed by atoms with Crippen LogP contribution < -0.4 is 16.0 Å². The van der Waals surface area contributed by atoms with E-state index in [4.69, 9.17) is 4.98 Å². The van der Waals surface area contributed by atoms with Crippen molar-refractivity contribution in [3.8, 4) is 0 Å². The fourth-order valence-electron chi connectivity index (χ4n) is 4.06. The number of nitrogens with one attached hydrogen (secondary N) is 3. The molecule has 3 N–H and O–H groups in total. The number of halogens is 1. The lowest BCUT2D eigenvalue weighted by Gasteiger charge is -2.16. The molecule has 8 nitrogen and oxygen atoms in total. The van der Waals surface area contributed by atoms with E-state index >= 15 is 0 Å². The second kappa shape index (κ2) is 13.1. The maximum absolute atomic E-state index is 12.7. The minimum Gasteiger partial charge on any atom is -0.383 e. The smallest absolute Gasteiger partial charge is 0.256 e. The second-order valence-corrected chi connectivity index (χ2v) is 11.7. The topological polar surface area (TPSA) is 105 Å². The number of rotatable bonds is 10. The number of carbonyl (C=O) groups excluding carboxylic acids is 1. The number of hydrogen-bond acceptors (Lipinski definition) is 8. The molecule has 0 aliphatic carbocycles. The van der Waals surface area contributed by atoms with Gasteiger partial charge in [-0.3, -0.25) is 4.79 Å². The first-order chi connectivity index (χ1) is 19.9. The van der Waals surface area contributed by atoms with Crippen molar-refractivity contribution in [2.75, 3.05) is 22.5 Å². The lowest BCUT2D eigenvalue weighted by Crippen LogP contribution is -2.12. The molecule has 5 aromatic rings. The summed E-state index contributed by atoms with van der Waals surface area (Å²) in [5, 5.41) is 10.7. The molecule has 0 bridgehead atoms. The summed E-state index contributed by atoms with van der Waals surface area (Å²) < 4.78 is 0.854. The van der Waals surface area contributed by atoms with Gasteiger partial charge in [-0.1, -0.05) is 32.5 Å². The monoisotopic (exact) mass is 627 g/mol. The highest BCUT2D eigenvalue weighted by Gasteiger charge is 2.12. The molecule has 208 valence electrons. The third-order valence-corrected chi connectivity index (χ3v) is 7.71. The molecule has 0 spiro atoms. The molecule has 0 saturated heterocycles. The highest BCUT2D eigenvalue weighted by molar-refractivity contribution is 9.10.